The second kappa shape index (κ2) is 6.73. The Morgan fingerprint density at radius 2 is 1.57 bits per heavy atom. The zero-order valence-electron chi connectivity index (χ0n) is 11.4. The van der Waals surface area contributed by atoms with E-state index in [0.29, 0.717) is 4.41 Å². The molecule has 1 rings (SSSR count). The molecular weight excluding hydrogens is 340 g/mol. The third kappa shape index (κ3) is 4.67. The largest absolute Gasteiger partial charge is 0.283 e. The van der Waals surface area contributed by atoms with Gasteiger partial charge in [0.15, 0.2) is 0 Å². The molecule has 0 saturated heterocycles. The average Bonchev–Trinajstić information content (AvgIpc) is 2.36. The van der Waals surface area contributed by atoms with Crippen LogP contribution in [0.4, 0.5) is 0 Å². The number of sulfonamides is 2. The van der Waals surface area contributed by atoms with Crippen LogP contribution in [0.5, 0.6) is 0 Å². The summed E-state index contributed by atoms with van der Waals surface area (Å²) < 4.78 is 47.9. The van der Waals surface area contributed by atoms with E-state index in [1.54, 1.807) is 18.2 Å². The van der Waals surface area contributed by atoms with Crippen LogP contribution in [-0.2, 0) is 20.0 Å². The van der Waals surface area contributed by atoms with E-state index in [2.05, 4.69) is 0 Å². The predicted molar refractivity (Wildman–Crippen MR) is 79.7 cm³/mol. The van der Waals surface area contributed by atoms with Gasteiger partial charge in [0.1, 0.15) is 0 Å². The molecule has 0 aliphatic carbocycles. The molecule has 0 saturated carbocycles. The van der Waals surface area contributed by atoms with Crippen molar-refractivity contribution in [3.05, 3.63) is 35.9 Å². The number of amides is 1. The predicted octanol–water partition coefficient (Wildman–Crippen LogP) is 0.504. The molecule has 0 heterocycles. The van der Waals surface area contributed by atoms with Gasteiger partial charge in [0, 0.05) is 18.0 Å². The first-order chi connectivity index (χ1) is 9.59. The molecule has 7 nitrogen and oxygen atoms in total. The van der Waals surface area contributed by atoms with Gasteiger partial charge < -0.3 is 0 Å². The SMILES string of the molecule is CS(=O)(=O)N(CCCl)N(C(=O)c1ccccc1)S(C)(=O)=O. The van der Waals surface area contributed by atoms with Crippen LogP contribution in [-0.4, -0.2) is 56.5 Å². The smallest absolute Gasteiger partial charge is 0.266 e. The van der Waals surface area contributed by atoms with Crippen LogP contribution in [0.25, 0.3) is 0 Å². The Bertz CT molecular complexity index is 703. The van der Waals surface area contributed by atoms with Gasteiger partial charge in [-0.25, -0.2) is 16.8 Å². The second-order valence-corrected chi connectivity index (χ2v) is 8.25. The fraction of sp³-hybridized carbons (Fsp3) is 0.364. The Hall–Kier alpha value is -1.16. The van der Waals surface area contributed by atoms with Crippen LogP contribution >= 0.6 is 11.6 Å². The van der Waals surface area contributed by atoms with Gasteiger partial charge in [0.2, 0.25) is 20.0 Å². The number of hydrogen-bond donors (Lipinski definition) is 0. The van der Waals surface area contributed by atoms with Gasteiger partial charge in [-0.15, -0.1) is 16.0 Å². The van der Waals surface area contributed by atoms with E-state index in [1.807, 2.05) is 0 Å². The van der Waals surface area contributed by atoms with Crippen LogP contribution < -0.4 is 0 Å². The van der Waals surface area contributed by atoms with Crippen molar-refractivity contribution in [3.8, 4) is 0 Å². The fourth-order valence-corrected chi connectivity index (χ4v) is 4.14. The summed E-state index contributed by atoms with van der Waals surface area (Å²) in [6, 6.07) is 7.51. The lowest BCUT2D eigenvalue weighted by Crippen LogP contribution is -2.52. The van der Waals surface area contributed by atoms with Crippen LogP contribution in [0, 0.1) is 0 Å². The highest BCUT2D eigenvalue weighted by atomic mass is 35.5. The van der Waals surface area contributed by atoms with E-state index in [9.17, 15) is 21.6 Å². The maximum Gasteiger partial charge on any atom is 0.283 e. The zero-order chi connectivity index (χ0) is 16.3. The minimum Gasteiger partial charge on any atom is -0.266 e. The van der Waals surface area contributed by atoms with Crippen molar-refractivity contribution in [2.75, 3.05) is 24.9 Å². The number of rotatable bonds is 6. The number of carbonyl (C=O) groups excluding carboxylic acids is 1. The summed E-state index contributed by atoms with van der Waals surface area (Å²) >= 11 is 5.51. The Morgan fingerprint density at radius 1 is 1.05 bits per heavy atom. The van der Waals surface area contributed by atoms with Gasteiger partial charge in [-0.3, -0.25) is 4.79 Å². The van der Waals surface area contributed by atoms with Crippen LogP contribution in [0.2, 0.25) is 0 Å². The molecule has 0 aromatic heterocycles. The Balaban J connectivity index is 3.39. The molecule has 0 atom stereocenters. The highest BCUT2D eigenvalue weighted by Crippen LogP contribution is 2.15. The lowest BCUT2D eigenvalue weighted by atomic mass is 10.2. The molecule has 21 heavy (non-hydrogen) atoms. The topological polar surface area (TPSA) is 91.8 Å². The zero-order valence-corrected chi connectivity index (χ0v) is 13.8. The first kappa shape index (κ1) is 17.9. The molecule has 0 spiro atoms. The number of hydrazine groups is 1. The number of halogens is 1. The number of hydrogen-bond acceptors (Lipinski definition) is 5. The number of alkyl halides is 1. The molecule has 1 aromatic carbocycles. The van der Waals surface area contributed by atoms with Crippen molar-refractivity contribution in [1.82, 2.24) is 8.83 Å². The van der Waals surface area contributed by atoms with Gasteiger partial charge in [-0.1, -0.05) is 22.6 Å². The van der Waals surface area contributed by atoms with Crippen molar-refractivity contribution in [2.45, 2.75) is 0 Å². The minimum atomic E-state index is -4.14. The molecule has 118 valence electrons. The van der Waals surface area contributed by atoms with Gasteiger partial charge in [0.05, 0.1) is 12.5 Å². The molecule has 0 aliphatic rings. The first-order valence-corrected chi connectivity index (χ1v) is 9.95. The Morgan fingerprint density at radius 3 is 1.95 bits per heavy atom. The highest BCUT2D eigenvalue weighted by Gasteiger charge is 2.35. The average molecular weight is 355 g/mol. The van der Waals surface area contributed by atoms with E-state index in [-0.39, 0.29) is 22.4 Å². The third-order valence-corrected chi connectivity index (χ3v) is 4.74. The monoisotopic (exact) mass is 354 g/mol. The maximum absolute atomic E-state index is 12.4. The van der Waals surface area contributed by atoms with Crippen molar-refractivity contribution < 1.29 is 21.6 Å². The number of nitrogens with zero attached hydrogens (tertiary/aromatic N) is 2. The summed E-state index contributed by atoms with van der Waals surface area (Å²) in [7, 11) is -8.13. The summed E-state index contributed by atoms with van der Waals surface area (Å²) in [5.41, 5.74) is 0.0474. The Kier molecular flexibility index (Phi) is 5.74. The Labute approximate surface area is 129 Å². The molecular formula is C11H15ClN2O5S2. The number of benzene rings is 1. The lowest BCUT2D eigenvalue weighted by Gasteiger charge is -2.30. The van der Waals surface area contributed by atoms with Crippen molar-refractivity contribution in [2.24, 2.45) is 0 Å². The molecule has 10 heteroatoms. The van der Waals surface area contributed by atoms with Crippen molar-refractivity contribution in [1.29, 1.82) is 0 Å². The highest BCUT2D eigenvalue weighted by molar-refractivity contribution is 7.91. The molecule has 0 bridgehead atoms. The summed E-state index contributed by atoms with van der Waals surface area (Å²) in [4.78, 5) is 12.4. The standard InChI is InChI=1S/C11H15ClN2O5S2/c1-20(16,17)13(9-8-12)14(21(2,18)19)11(15)10-6-4-3-5-7-10/h3-7H,8-9H2,1-2H3. The molecule has 1 aromatic rings. The summed E-state index contributed by atoms with van der Waals surface area (Å²) in [5, 5.41) is 0. The van der Waals surface area contributed by atoms with Gasteiger partial charge in [-0.05, 0) is 12.1 Å². The van der Waals surface area contributed by atoms with Crippen LogP contribution in [0.15, 0.2) is 30.3 Å². The maximum atomic E-state index is 12.4. The molecule has 0 radical (unpaired) electrons. The van der Waals surface area contributed by atoms with Crippen LogP contribution in [0.3, 0.4) is 0 Å². The van der Waals surface area contributed by atoms with Gasteiger partial charge in [0.25, 0.3) is 5.91 Å². The van der Waals surface area contributed by atoms with Gasteiger partial charge >= 0.3 is 0 Å². The summed E-state index contributed by atoms with van der Waals surface area (Å²) in [6.45, 7) is -0.341. The summed E-state index contributed by atoms with van der Waals surface area (Å²) in [5.74, 6) is -1.13. The lowest BCUT2D eigenvalue weighted by molar-refractivity contribution is 0.0671. The minimum absolute atomic E-state index is 0.0474. The fourth-order valence-electron chi connectivity index (χ4n) is 1.57. The molecule has 1 amide bonds. The molecule has 0 aliphatic heterocycles. The molecule has 0 unspecified atom stereocenters. The van der Waals surface area contributed by atoms with E-state index < -0.39 is 26.0 Å². The summed E-state index contributed by atoms with van der Waals surface area (Å²) in [6.07, 6.45) is 1.55. The first-order valence-electron chi connectivity index (χ1n) is 5.72. The molecule has 0 fully saturated rings. The second-order valence-electron chi connectivity index (χ2n) is 4.17. The third-order valence-electron chi connectivity index (χ3n) is 2.37. The molecule has 0 N–H and O–H groups in total. The van der Waals surface area contributed by atoms with Crippen LogP contribution in [0.1, 0.15) is 10.4 Å². The van der Waals surface area contributed by atoms with Crippen molar-refractivity contribution in [3.63, 3.8) is 0 Å². The van der Waals surface area contributed by atoms with E-state index in [4.69, 9.17) is 11.6 Å². The number of carbonyl (C=O) groups is 1. The van der Waals surface area contributed by atoms with E-state index in [0.717, 1.165) is 12.5 Å². The quantitative estimate of drug-likeness (QED) is 0.548. The van der Waals surface area contributed by atoms with E-state index >= 15 is 0 Å². The van der Waals surface area contributed by atoms with Gasteiger partial charge in [-0.2, -0.15) is 0 Å². The van der Waals surface area contributed by atoms with Crippen molar-refractivity contribution >= 4 is 37.6 Å². The normalized spacial score (nSPS) is 12.4. The van der Waals surface area contributed by atoms with E-state index in [1.165, 1.54) is 12.1 Å².